The maximum atomic E-state index is 3.97. The van der Waals surface area contributed by atoms with E-state index in [0.717, 1.165) is 12.1 Å². The summed E-state index contributed by atoms with van der Waals surface area (Å²) in [5, 5.41) is 7.76. The maximum absolute atomic E-state index is 3.97. The normalized spacial score (nSPS) is 10.4. The van der Waals surface area contributed by atoms with E-state index in [1.807, 2.05) is 6.20 Å². The van der Waals surface area contributed by atoms with Crippen molar-refractivity contribution in [2.24, 2.45) is 0 Å². The highest BCUT2D eigenvalue weighted by Crippen LogP contribution is 2.14. The van der Waals surface area contributed by atoms with E-state index in [-0.39, 0.29) is 0 Å². The second kappa shape index (κ2) is 3.62. The fourth-order valence-electron chi connectivity index (χ4n) is 1.53. The van der Waals surface area contributed by atoms with Crippen LogP contribution < -0.4 is 0 Å². The Morgan fingerprint density at radius 1 is 1.36 bits per heavy atom. The van der Waals surface area contributed by atoms with Crippen molar-refractivity contribution in [2.75, 3.05) is 0 Å². The van der Waals surface area contributed by atoms with Crippen LogP contribution in [0.5, 0.6) is 0 Å². The Morgan fingerprint density at radius 3 is 2.79 bits per heavy atom. The van der Waals surface area contributed by atoms with Crippen LogP contribution >= 0.6 is 0 Å². The largest absolute Gasteiger partial charge is 0.221 e. The molecular weight excluding hydrogens is 174 g/mol. The molecule has 1 aromatic heterocycles. The van der Waals surface area contributed by atoms with Crippen molar-refractivity contribution in [1.29, 1.82) is 0 Å². The number of hydrogen-bond acceptors (Lipinski definition) is 2. The highest BCUT2D eigenvalue weighted by Gasteiger charge is 2.01. The van der Waals surface area contributed by atoms with Crippen LogP contribution in [0.3, 0.4) is 0 Å². The van der Waals surface area contributed by atoms with Crippen molar-refractivity contribution in [3.05, 3.63) is 41.7 Å². The molecule has 0 aliphatic rings. The van der Waals surface area contributed by atoms with Gasteiger partial charge in [-0.2, -0.15) is 0 Å². The van der Waals surface area contributed by atoms with Gasteiger partial charge in [0.25, 0.3) is 0 Å². The molecule has 0 aliphatic carbocycles. The van der Waals surface area contributed by atoms with E-state index in [1.54, 1.807) is 10.9 Å². The standard InChI is InChI=1S/C11H13N3/c1-3-10-4-5-11(9(2)8-10)14-7-6-12-13-14/h4-8H,3H2,1-2H3. The molecule has 0 amide bonds. The molecule has 3 heteroatoms. The molecule has 14 heavy (non-hydrogen) atoms. The Morgan fingerprint density at radius 2 is 2.21 bits per heavy atom. The van der Waals surface area contributed by atoms with Crippen molar-refractivity contribution < 1.29 is 0 Å². The maximum Gasteiger partial charge on any atom is 0.0697 e. The Kier molecular flexibility index (Phi) is 2.31. The monoisotopic (exact) mass is 187 g/mol. The van der Waals surface area contributed by atoms with E-state index < -0.39 is 0 Å². The molecule has 0 bridgehead atoms. The van der Waals surface area contributed by atoms with Crippen molar-refractivity contribution >= 4 is 0 Å². The lowest BCUT2D eigenvalue weighted by molar-refractivity contribution is 0.797. The molecule has 0 N–H and O–H groups in total. The van der Waals surface area contributed by atoms with Gasteiger partial charge in [-0.05, 0) is 30.5 Å². The third kappa shape index (κ3) is 1.53. The zero-order chi connectivity index (χ0) is 9.97. The van der Waals surface area contributed by atoms with Gasteiger partial charge in [-0.15, -0.1) is 5.10 Å². The van der Waals surface area contributed by atoms with Crippen LogP contribution in [0.25, 0.3) is 5.69 Å². The number of rotatable bonds is 2. The van der Waals surface area contributed by atoms with E-state index in [9.17, 15) is 0 Å². The zero-order valence-electron chi connectivity index (χ0n) is 8.44. The predicted molar refractivity (Wildman–Crippen MR) is 55.5 cm³/mol. The third-order valence-corrected chi connectivity index (χ3v) is 2.34. The van der Waals surface area contributed by atoms with Gasteiger partial charge in [-0.1, -0.05) is 24.3 Å². The van der Waals surface area contributed by atoms with Gasteiger partial charge in [0.2, 0.25) is 0 Å². The van der Waals surface area contributed by atoms with Gasteiger partial charge in [0.1, 0.15) is 0 Å². The molecular formula is C11H13N3. The topological polar surface area (TPSA) is 30.7 Å². The highest BCUT2D eigenvalue weighted by molar-refractivity contribution is 5.41. The summed E-state index contributed by atoms with van der Waals surface area (Å²) in [6.45, 7) is 4.25. The molecule has 0 radical (unpaired) electrons. The van der Waals surface area contributed by atoms with Gasteiger partial charge in [0, 0.05) is 0 Å². The fraction of sp³-hybridized carbons (Fsp3) is 0.273. The van der Waals surface area contributed by atoms with E-state index in [4.69, 9.17) is 0 Å². The molecule has 1 aromatic carbocycles. The smallest absolute Gasteiger partial charge is 0.0697 e. The number of aromatic nitrogens is 3. The Labute approximate surface area is 83.4 Å². The first-order valence-corrected chi connectivity index (χ1v) is 4.77. The average Bonchev–Trinajstić information content (AvgIpc) is 2.70. The van der Waals surface area contributed by atoms with E-state index in [1.165, 1.54) is 11.1 Å². The summed E-state index contributed by atoms with van der Waals surface area (Å²) in [7, 11) is 0. The van der Waals surface area contributed by atoms with E-state index >= 15 is 0 Å². The summed E-state index contributed by atoms with van der Waals surface area (Å²) in [6, 6.07) is 6.41. The predicted octanol–water partition coefficient (Wildman–Crippen LogP) is 2.14. The van der Waals surface area contributed by atoms with Crippen LogP contribution in [-0.4, -0.2) is 15.0 Å². The molecule has 72 valence electrons. The lowest BCUT2D eigenvalue weighted by Crippen LogP contribution is -1.98. The van der Waals surface area contributed by atoms with Crippen LogP contribution in [0.15, 0.2) is 30.6 Å². The molecule has 3 nitrogen and oxygen atoms in total. The van der Waals surface area contributed by atoms with Crippen molar-refractivity contribution in [3.8, 4) is 5.69 Å². The van der Waals surface area contributed by atoms with Crippen LogP contribution in [-0.2, 0) is 6.42 Å². The molecule has 0 atom stereocenters. The number of benzene rings is 1. The number of aryl methyl sites for hydroxylation is 2. The number of nitrogens with zero attached hydrogens (tertiary/aromatic N) is 3. The van der Waals surface area contributed by atoms with Gasteiger partial charge in [0.05, 0.1) is 18.1 Å². The zero-order valence-corrected chi connectivity index (χ0v) is 8.44. The average molecular weight is 187 g/mol. The summed E-state index contributed by atoms with van der Waals surface area (Å²) in [4.78, 5) is 0. The second-order valence-corrected chi connectivity index (χ2v) is 3.32. The Bertz CT molecular complexity index is 418. The van der Waals surface area contributed by atoms with Crippen LogP contribution in [0.4, 0.5) is 0 Å². The second-order valence-electron chi connectivity index (χ2n) is 3.32. The molecule has 0 unspecified atom stereocenters. The molecule has 0 spiro atoms. The van der Waals surface area contributed by atoms with E-state index in [2.05, 4.69) is 42.4 Å². The van der Waals surface area contributed by atoms with Crippen LogP contribution in [0.1, 0.15) is 18.1 Å². The Hall–Kier alpha value is -1.64. The Balaban J connectivity index is 2.46. The summed E-state index contributed by atoms with van der Waals surface area (Å²) < 4.78 is 1.79. The van der Waals surface area contributed by atoms with Gasteiger partial charge in [-0.25, -0.2) is 4.68 Å². The lowest BCUT2D eigenvalue weighted by atomic mass is 10.1. The van der Waals surface area contributed by atoms with Crippen molar-refractivity contribution in [2.45, 2.75) is 20.3 Å². The quantitative estimate of drug-likeness (QED) is 0.721. The van der Waals surface area contributed by atoms with Gasteiger partial charge in [-0.3, -0.25) is 0 Å². The van der Waals surface area contributed by atoms with E-state index in [0.29, 0.717) is 0 Å². The molecule has 2 aromatic rings. The first-order valence-electron chi connectivity index (χ1n) is 4.77. The molecule has 2 rings (SSSR count). The highest BCUT2D eigenvalue weighted by atomic mass is 15.4. The van der Waals surface area contributed by atoms with Crippen molar-refractivity contribution in [3.63, 3.8) is 0 Å². The molecule has 0 fully saturated rings. The molecule has 0 saturated carbocycles. The fourth-order valence-corrected chi connectivity index (χ4v) is 1.53. The first-order chi connectivity index (χ1) is 6.81. The number of hydrogen-bond donors (Lipinski definition) is 0. The molecule has 0 saturated heterocycles. The van der Waals surface area contributed by atoms with Crippen molar-refractivity contribution in [1.82, 2.24) is 15.0 Å². The van der Waals surface area contributed by atoms with Gasteiger partial charge in [0.15, 0.2) is 0 Å². The molecule has 0 aliphatic heterocycles. The molecule has 1 heterocycles. The van der Waals surface area contributed by atoms with Crippen LogP contribution in [0, 0.1) is 6.92 Å². The summed E-state index contributed by atoms with van der Waals surface area (Å²) in [6.07, 6.45) is 4.61. The summed E-state index contributed by atoms with van der Waals surface area (Å²) in [5.41, 5.74) is 3.68. The van der Waals surface area contributed by atoms with Crippen LogP contribution in [0.2, 0.25) is 0 Å². The SMILES string of the molecule is CCc1ccc(-n2ccnn2)c(C)c1. The lowest BCUT2D eigenvalue weighted by Gasteiger charge is -2.06. The van der Waals surface area contributed by atoms with Gasteiger partial charge < -0.3 is 0 Å². The van der Waals surface area contributed by atoms with Gasteiger partial charge >= 0.3 is 0 Å². The summed E-state index contributed by atoms with van der Waals surface area (Å²) >= 11 is 0. The first kappa shape index (κ1) is 8.94. The minimum absolute atomic E-state index is 1.07. The summed E-state index contributed by atoms with van der Waals surface area (Å²) in [5.74, 6) is 0. The third-order valence-electron chi connectivity index (χ3n) is 2.34. The minimum Gasteiger partial charge on any atom is -0.221 e. The minimum atomic E-state index is 1.07.